The number of hydrogen-bond acceptors (Lipinski definition) is 3. The standard InChI is InChI=1S/C10H17N3O/c1-6-7(2)13-10(12-6)9(14)8-3-4-11-5-8/h8-9,11,14H,3-5H2,1-2H3,(H,12,13). The Kier molecular flexibility index (Phi) is 2.56. The van der Waals surface area contributed by atoms with Gasteiger partial charge >= 0.3 is 0 Å². The lowest BCUT2D eigenvalue weighted by atomic mass is 10.0. The molecule has 2 atom stereocenters. The van der Waals surface area contributed by atoms with Crippen molar-refractivity contribution < 1.29 is 5.11 Å². The summed E-state index contributed by atoms with van der Waals surface area (Å²) in [6.07, 6.45) is 0.581. The molecular formula is C10H17N3O. The summed E-state index contributed by atoms with van der Waals surface area (Å²) < 4.78 is 0. The van der Waals surface area contributed by atoms with Gasteiger partial charge in [0.1, 0.15) is 11.9 Å². The molecule has 3 N–H and O–H groups in total. The molecule has 0 saturated carbocycles. The zero-order valence-electron chi connectivity index (χ0n) is 8.67. The average molecular weight is 195 g/mol. The highest BCUT2D eigenvalue weighted by atomic mass is 16.3. The van der Waals surface area contributed by atoms with Crippen molar-refractivity contribution >= 4 is 0 Å². The number of aliphatic hydroxyl groups excluding tert-OH is 1. The fourth-order valence-corrected chi connectivity index (χ4v) is 1.88. The van der Waals surface area contributed by atoms with Crippen molar-refractivity contribution in [2.45, 2.75) is 26.4 Å². The molecule has 4 nitrogen and oxygen atoms in total. The zero-order chi connectivity index (χ0) is 10.1. The second kappa shape index (κ2) is 3.71. The Morgan fingerprint density at radius 3 is 2.79 bits per heavy atom. The summed E-state index contributed by atoms with van der Waals surface area (Å²) in [5.74, 6) is 1.02. The maximum atomic E-state index is 10.0. The summed E-state index contributed by atoms with van der Waals surface area (Å²) >= 11 is 0. The minimum Gasteiger partial charge on any atom is -0.385 e. The van der Waals surface area contributed by atoms with Gasteiger partial charge in [0, 0.05) is 18.2 Å². The Labute approximate surface area is 83.8 Å². The van der Waals surface area contributed by atoms with Gasteiger partial charge in [-0.1, -0.05) is 0 Å². The van der Waals surface area contributed by atoms with Gasteiger partial charge in [0.15, 0.2) is 0 Å². The molecule has 0 aliphatic carbocycles. The van der Waals surface area contributed by atoms with E-state index in [1.54, 1.807) is 0 Å². The number of imidazole rings is 1. The molecule has 1 fully saturated rings. The molecular weight excluding hydrogens is 178 g/mol. The van der Waals surface area contributed by atoms with Crippen molar-refractivity contribution in [1.29, 1.82) is 0 Å². The second-order valence-electron chi connectivity index (χ2n) is 4.03. The van der Waals surface area contributed by atoms with E-state index in [1.807, 2.05) is 13.8 Å². The molecule has 0 bridgehead atoms. The lowest BCUT2D eigenvalue weighted by molar-refractivity contribution is 0.110. The van der Waals surface area contributed by atoms with Gasteiger partial charge in [0.25, 0.3) is 0 Å². The molecule has 78 valence electrons. The van der Waals surface area contributed by atoms with Crippen LogP contribution < -0.4 is 5.32 Å². The van der Waals surface area contributed by atoms with E-state index in [1.165, 1.54) is 0 Å². The first-order valence-electron chi connectivity index (χ1n) is 5.10. The number of hydrogen-bond donors (Lipinski definition) is 3. The van der Waals surface area contributed by atoms with E-state index in [0.717, 1.165) is 30.9 Å². The van der Waals surface area contributed by atoms with E-state index < -0.39 is 6.10 Å². The average Bonchev–Trinajstić information content (AvgIpc) is 2.76. The van der Waals surface area contributed by atoms with E-state index in [4.69, 9.17) is 0 Å². The Hall–Kier alpha value is -0.870. The van der Waals surface area contributed by atoms with Crippen LogP contribution in [-0.2, 0) is 0 Å². The fourth-order valence-electron chi connectivity index (χ4n) is 1.88. The van der Waals surface area contributed by atoms with Crippen LogP contribution in [-0.4, -0.2) is 28.2 Å². The molecule has 2 heterocycles. The number of H-pyrrole nitrogens is 1. The largest absolute Gasteiger partial charge is 0.385 e. The number of nitrogens with one attached hydrogen (secondary N) is 2. The highest BCUT2D eigenvalue weighted by Crippen LogP contribution is 2.25. The van der Waals surface area contributed by atoms with Crippen molar-refractivity contribution in [2.75, 3.05) is 13.1 Å². The number of aromatic nitrogens is 2. The van der Waals surface area contributed by atoms with Gasteiger partial charge in [0.2, 0.25) is 0 Å². The first-order valence-corrected chi connectivity index (χ1v) is 5.10. The molecule has 1 aromatic rings. The summed E-state index contributed by atoms with van der Waals surface area (Å²) in [6.45, 7) is 5.82. The van der Waals surface area contributed by atoms with Crippen LogP contribution >= 0.6 is 0 Å². The number of aryl methyl sites for hydroxylation is 2. The second-order valence-corrected chi connectivity index (χ2v) is 4.03. The lowest BCUT2D eigenvalue weighted by Gasteiger charge is -2.14. The highest BCUT2D eigenvalue weighted by molar-refractivity contribution is 5.12. The van der Waals surface area contributed by atoms with E-state index in [-0.39, 0.29) is 0 Å². The first-order chi connectivity index (χ1) is 6.68. The van der Waals surface area contributed by atoms with E-state index >= 15 is 0 Å². The number of rotatable bonds is 2. The molecule has 2 unspecified atom stereocenters. The van der Waals surface area contributed by atoms with Crippen LogP contribution in [0.25, 0.3) is 0 Å². The molecule has 0 radical (unpaired) electrons. The summed E-state index contributed by atoms with van der Waals surface area (Å²) in [5, 5.41) is 13.3. The Balaban J connectivity index is 2.13. The monoisotopic (exact) mass is 195 g/mol. The van der Waals surface area contributed by atoms with Gasteiger partial charge in [-0.15, -0.1) is 0 Å². The highest BCUT2D eigenvalue weighted by Gasteiger charge is 2.26. The van der Waals surface area contributed by atoms with Crippen molar-refractivity contribution in [3.05, 3.63) is 17.2 Å². The van der Waals surface area contributed by atoms with Crippen molar-refractivity contribution in [3.8, 4) is 0 Å². The van der Waals surface area contributed by atoms with Crippen molar-refractivity contribution in [1.82, 2.24) is 15.3 Å². The number of nitrogens with zero attached hydrogens (tertiary/aromatic N) is 1. The molecule has 2 rings (SSSR count). The number of aliphatic hydroxyl groups is 1. The normalized spacial score (nSPS) is 24.1. The summed E-state index contributed by atoms with van der Waals surface area (Å²) in [5.41, 5.74) is 2.02. The van der Waals surface area contributed by atoms with Crippen molar-refractivity contribution in [2.24, 2.45) is 5.92 Å². The molecule has 14 heavy (non-hydrogen) atoms. The Morgan fingerprint density at radius 1 is 1.50 bits per heavy atom. The van der Waals surface area contributed by atoms with Crippen LogP contribution in [0.2, 0.25) is 0 Å². The molecule has 1 saturated heterocycles. The Morgan fingerprint density at radius 2 is 2.29 bits per heavy atom. The van der Waals surface area contributed by atoms with Crippen LogP contribution in [0, 0.1) is 19.8 Å². The summed E-state index contributed by atoms with van der Waals surface area (Å²) in [7, 11) is 0. The van der Waals surface area contributed by atoms with Gasteiger partial charge in [-0.3, -0.25) is 0 Å². The molecule has 1 aliphatic heterocycles. The van der Waals surface area contributed by atoms with Gasteiger partial charge in [-0.05, 0) is 26.8 Å². The third-order valence-electron chi connectivity index (χ3n) is 2.97. The quantitative estimate of drug-likeness (QED) is 0.650. The van der Waals surface area contributed by atoms with Crippen LogP contribution in [0.4, 0.5) is 0 Å². The van der Waals surface area contributed by atoms with Gasteiger partial charge < -0.3 is 15.4 Å². The molecule has 1 aliphatic rings. The maximum Gasteiger partial charge on any atom is 0.135 e. The topological polar surface area (TPSA) is 60.9 Å². The van der Waals surface area contributed by atoms with Gasteiger partial charge in [0.05, 0.1) is 5.69 Å². The molecule has 0 aromatic carbocycles. The number of aromatic amines is 1. The molecule has 1 aromatic heterocycles. The lowest BCUT2D eigenvalue weighted by Crippen LogP contribution is -2.17. The summed E-state index contributed by atoms with van der Waals surface area (Å²) in [4.78, 5) is 7.45. The SMILES string of the molecule is Cc1nc(C(O)C2CCNC2)[nH]c1C. The minimum atomic E-state index is -0.447. The van der Waals surface area contributed by atoms with E-state index in [2.05, 4.69) is 15.3 Å². The summed E-state index contributed by atoms with van der Waals surface area (Å²) in [6, 6.07) is 0. The molecule has 0 amide bonds. The van der Waals surface area contributed by atoms with Crippen LogP contribution in [0.5, 0.6) is 0 Å². The smallest absolute Gasteiger partial charge is 0.135 e. The third-order valence-corrected chi connectivity index (χ3v) is 2.97. The van der Waals surface area contributed by atoms with Crippen LogP contribution in [0.1, 0.15) is 29.7 Å². The van der Waals surface area contributed by atoms with E-state index in [0.29, 0.717) is 11.7 Å². The van der Waals surface area contributed by atoms with Crippen molar-refractivity contribution in [3.63, 3.8) is 0 Å². The van der Waals surface area contributed by atoms with E-state index in [9.17, 15) is 5.11 Å². The Bertz CT molecular complexity index is 296. The molecule has 4 heteroatoms. The predicted molar refractivity (Wildman–Crippen MR) is 54.0 cm³/mol. The van der Waals surface area contributed by atoms with Gasteiger partial charge in [-0.25, -0.2) is 4.98 Å². The fraction of sp³-hybridized carbons (Fsp3) is 0.700. The van der Waals surface area contributed by atoms with Crippen LogP contribution in [0.3, 0.4) is 0 Å². The maximum absolute atomic E-state index is 10.0. The zero-order valence-corrected chi connectivity index (χ0v) is 8.67. The van der Waals surface area contributed by atoms with Gasteiger partial charge in [-0.2, -0.15) is 0 Å². The van der Waals surface area contributed by atoms with Crippen LogP contribution in [0.15, 0.2) is 0 Å². The third kappa shape index (κ3) is 1.67. The minimum absolute atomic E-state index is 0.306. The first kappa shape index (κ1) is 9.68. The molecule has 0 spiro atoms. The predicted octanol–water partition coefficient (Wildman–Crippen LogP) is 0.669.